The Balaban J connectivity index is 0.00000400. The van der Waals surface area contributed by atoms with Gasteiger partial charge in [0, 0.05) is 47.6 Å². The number of aliphatic imine (C=N–C) groups is 1. The van der Waals surface area contributed by atoms with Crippen molar-refractivity contribution in [2.75, 3.05) is 47.6 Å². The van der Waals surface area contributed by atoms with E-state index in [0.29, 0.717) is 5.41 Å². The van der Waals surface area contributed by atoms with Gasteiger partial charge in [-0.3, -0.25) is 4.99 Å². The molecule has 0 radical (unpaired) electrons. The van der Waals surface area contributed by atoms with Crippen molar-refractivity contribution in [3.8, 4) is 0 Å². The fraction of sp³-hybridized carbons (Fsp3) is 0.933. The summed E-state index contributed by atoms with van der Waals surface area (Å²) in [5.74, 6) is 0.893. The number of rotatable bonds is 9. The Labute approximate surface area is 146 Å². The molecular weight excluding hydrogens is 381 g/mol. The van der Waals surface area contributed by atoms with Crippen molar-refractivity contribution < 1.29 is 9.47 Å². The van der Waals surface area contributed by atoms with Crippen LogP contribution in [0.2, 0.25) is 0 Å². The zero-order chi connectivity index (χ0) is 14.7. The summed E-state index contributed by atoms with van der Waals surface area (Å²) >= 11 is 0. The standard InChI is InChI=1S/C15H31N3O2.HI/c1-16-14(17-10-6-11-19-2)18-13-15(9-12-20-3)7-4-5-8-15;/h4-13H2,1-3H3,(H2,16,17,18);1H. The molecule has 0 spiro atoms. The maximum Gasteiger partial charge on any atom is 0.190 e. The summed E-state index contributed by atoms with van der Waals surface area (Å²) in [6, 6.07) is 0. The van der Waals surface area contributed by atoms with E-state index in [-0.39, 0.29) is 24.0 Å². The number of hydrogen-bond donors (Lipinski definition) is 2. The van der Waals surface area contributed by atoms with Gasteiger partial charge in [-0.1, -0.05) is 12.8 Å². The molecule has 0 aromatic rings. The minimum Gasteiger partial charge on any atom is -0.385 e. The molecule has 1 fully saturated rings. The SMILES string of the molecule is CN=C(NCCCOC)NCC1(CCOC)CCCC1.I. The van der Waals surface area contributed by atoms with Gasteiger partial charge < -0.3 is 20.1 Å². The highest BCUT2D eigenvalue weighted by Gasteiger charge is 2.33. The third-order valence-electron chi connectivity index (χ3n) is 4.17. The van der Waals surface area contributed by atoms with Crippen LogP contribution >= 0.6 is 24.0 Å². The van der Waals surface area contributed by atoms with Gasteiger partial charge in [0.05, 0.1) is 0 Å². The van der Waals surface area contributed by atoms with Crippen molar-refractivity contribution >= 4 is 29.9 Å². The lowest BCUT2D eigenvalue weighted by Crippen LogP contribution is -2.43. The van der Waals surface area contributed by atoms with Gasteiger partial charge in [-0.15, -0.1) is 24.0 Å². The highest BCUT2D eigenvalue weighted by Crippen LogP contribution is 2.40. The molecule has 0 amide bonds. The second-order valence-corrected chi connectivity index (χ2v) is 5.65. The first kappa shape index (κ1) is 20.9. The van der Waals surface area contributed by atoms with Gasteiger partial charge in [0.2, 0.25) is 0 Å². The fourth-order valence-electron chi connectivity index (χ4n) is 2.87. The molecule has 6 heteroatoms. The van der Waals surface area contributed by atoms with Crippen molar-refractivity contribution in [2.24, 2.45) is 10.4 Å². The average molecular weight is 413 g/mol. The molecule has 0 atom stereocenters. The lowest BCUT2D eigenvalue weighted by Gasteiger charge is -2.29. The summed E-state index contributed by atoms with van der Waals surface area (Å²) in [5.41, 5.74) is 0.389. The topological polar surface area (TPSA) is 54.9 Å². The first-order valence-electron chi connectivity index (χ1n) is 7.69. The van der Waals surface area contributed by atoms with E-state index in [1.807, 2.05) is 7.05 Å². The van der Waals surface area contributed by atoms with Crippen LogP contribution in [0.4, 0.5) is 0 Å². The minimum absolute atomic E-state index is 0. The van der Waals surface area contributed by atoms with Crippen LogP contribution in [0.25, 0.3) is 0 Å². The molecule has 1 aliphatic rings. The Hall–Kier alpha value is -0.0800. The summed E-state index contributed by atoms with van der Waals surface area (Å²) < 4.78 is 10.3. The van der Waals surface area contributed by atoms with Crippen LogP contribution in [-0.2, 0) is 9.47 Å². The number of guanidine groups is 1. The molecule has 0 aromatic heterocycles. The zero-order valence-electron chi connectivity index (χ0n) is 13.7. The van der Waals surface area contributed by atoms with Crippen LogP contribution in [0, 0.1) is 5.41 Å². The third kappa shape index (κ3) is 8.21. The van der Waals surface area contributed by atoms with Crippen LogP contribution in [0.1, 0.15) is 38.5 Å². The molecule has 1 rings (SSSR count). The molecule has 0 unspecified atom stereocenters. The van der Waals surface area contributed by atoms with E-state index in [4.69, 9.17) is 9.47 Å². The first-order valence-corrected chi connectivity index (χ1v) is 7.69. The average Bonchev–Trinajstić information content (AvgIpc) is 2.94. The third-order valence-corrected chi connectivity index (χ3v) is 4.17. The van der Waals surface area contributed by atoms with Crippen molar-refractivity contribution in [2.45, 2.75) is 38.5 Å². The van der Waals surface area contributed by atoms with E-state index in [1.165, 1.54) is 25.7 Å². The van der Waals surface area contributed by atoms with Crippen LogP contribution < -0.4 is 10.6 Å². The normalized spacial score (nSPS) is 17.4. The summed E-state index contributed by atoms with van der Waals surface area (Å²) in [6.45, 7) is 3.50. The predicted molar refractivity (Wildman–Crippen MR) is 98.7 cm³/mol. The van der Waals surface area contributed by atoms with E-state index < -0.39 is 0 Å². The molecule has 0 aliphatic heterocycles. The molecule has 5 nitrogen and oxygen atoms in total. The molecule has 0 saturated heterocycles. The van der Waals surface area contributed by atoms with E-state index in [2.05, 4.69) is 15.6 Å². The van der Waals surface area contributed by atoms with Gasteiger partial charge in [0.25, 0.3) is 0 Å². The summed E-state index contributed by atoms with van der Waals surface area (Å²) in [7, 11) is 5.33. The van der Waals surface area contributed by atoms with E-state index in [1.54, 1.807) is 14.2 Å². The summed E-state index contributed by atoms with van der Waals surface area (Å²) in [4.78, 5) is 4.28. The number of methoxy groups -OCH3 is 2. The molecular formula is C15H32IN3O2. The predicted octanol–water partition coefficient (Wildman–Crippen LogP) is 2.40. The Morgan fingerprint density at radius 1 is 1.10 bits per heavy atom. The van der Waals surface area contributed by atoms with E-state index >= 15 is 0 Å². The van der Waals surface area contributed by atoms with Crippen molar-refractivity contribution in [3.63, 3.8) is 0 Å². The maximum absolute atomic E-state index is 5.27. The quantitative estimate of drug-likeness (QED) is 0.264. The van der Waals surface area contributed by atoms with Crippen LogP contribution in [0.5, 0.6) is 0 Å². The highest BCUT2D eigenvalue weighted by molar-refractivity contribution is 14.0. The molecule has 126 valence electrons. The second kappa shape index (κ2) is 12.5. The van der Waals surface area contributed by atoms with Gasteiger partial charge in [-0.25, -0.2) is 0 Å². The Bertz CT molecular complexity index is 282. The molecule has 0 heterocycles. The maximum atomic E-state index is 5.27. The fourth-order valence-corrected chi connectivity index (χ4v) is 2.87. The molecule has 0 aromatic carbocycles. The molecule has 2 N–H and O–H groups in total. The Morgan fingerprint density at radius 3 is 2.33 bits per heavy atom. The smallest absolute Gasteiger partial charge is 0.190 e. The zero-order valence-corrected chi connectivity index (χ0v) is 16.1. The number of nitrogens with one attached hydrogen (secondary N) is 2. The highest BCUT2D eigenvalue weighted by atomic mass is 127. The van der Waals surface area contributed by atoms with Gasteiger partial charge in [-0.2, -0.15) is 0 Å². The lowest BCUT2D eigenvalue weighted by molar-refractivity contribution is 0.138. The molecule has 1 aliphatic carbocycles. The minimum atomic E-state index is 0. The molecule has 1 saturated carbocycles. The number of hydrogen-bond acceptors (Lipinski definition) is 3. The van der Waals surface area contributed by atoms with Crippen LogP contribution in [-0.4, -0.2) is 53.5 Å². The summed E-state index contributed by atoms with van der Waals surface area (Å²) in [6.07, 6.45) is 7.40. The van der Waals surface area contributed by atoms with Gasteiger partial charge in [0.15, 0.2) is 5.96 Å². The Kier molecular flexibility index (Phi) is 12.4. The van der Waals surface area contributed by atoms with Gasteiger partial charge >= 0.3 is 0 Å². The molecule has 0 bridgehead atoms. The second-order valence-electron chi connectivity index (χ2n) is 5.65. The Morgan fingerprint density at radius 2 is 1.76 bits per heavy atom. The van der Waals surface area contributed by atoms with Crippen molar-refractivity contribution in [1.29, 1.82) is 0 Å². The number of ether oxygens (including phenoxy) is 2. The van der Waals surface area contributed by atoms with Crippen LogP contribution in [0.15, 0.2) is 4.99 Å². The van der Waals surface area contributed by atoms with Gasteiger partial charge in [0.1, 0.15) is 0 Å². The van der Waals surface area contributed by atoms with Crippen molar-refractivity contribution in [1.82, 2.24) is 10.6 Å². The number of halogens is 1. The van der Waals surface area contributed by atoms with Crippen LogP contribution in [0.3, 0.4) is 0 Å². The largest absolute Gasteiger partial charge is 0.385 e. The lowest BCUT2D eigenvalue weighted by atomic mass is 9.83. The number of nitrogens with zero attached hydrogens (tertiary/aromatic N) is 1. The monoisotopic (exact) mass is 413 g/mol. The molecule has 21 heavy (non-hydrogen) atoms. The van der Waals surface area contributed by atoms with Crippen molar-refractivity contribution in [3.05, 3.63) is 0 Å². The van der Waals surface area contributed by atoms with E-state index in [9.17, 15) is 0 Å². The summed E-state index contributed by atoms with van der Waals surface area (Å²) in [5, 5.41) is 6.81. The van der Waals surface area contributed by atoms with Gasteiger partial charge in [-0.05, 0) is 31.1 Å². The van der Waals surface area contributed by atoms with E-state index in [0.717, 1.165) is 45.1 Å². The first-order chi connectivity index (χ1) is 9.76.